The van der Waals surface area contributed by atoms with Crippen LogP contribution in [0.25, 0.3) is 0 Å². The fraction of sp³-hybridized carbons (Fsp3) is 0.667. The molecule has 3 rings (SSSR count). The third kappa shape index (κ3) is 3.59. The van der Waals surface area contributed by atoms with Gasteiger partial charge in [0.1, 0.15) is 0 Å². The summed E-state index contributed by atoms with van der Waals surface area (Å²) >= 11 is 2.10. The zero-order valence-electron chi connectivity index (χ0n) is 13.0. The third-order valence-electron chi connectivity index (χ3n) is 4.72. The van der Waals surface area contributed by atoms with Crippen molar-refractivity contribution >= 4 is 11.8 Å². The molecule has 0 bridgehead atoms. The quantitative estimate of drug-likeness (QED) is 0.856. The molecule has 20 heavy (non-hydrogen) atoms. The smallest absolute Gasteiger partial charge is 0.0139 e. The Morgan fingerprint density at radius 3 is 2.65 bits per heavy atom. The Hall–Kier alpha value is -0.470. The van der Waals surface area contributed by atoms with E-state index in [4.69, 9.17) is 0 Å². The molecule has 1 nitrogen and oxygen atoms in total. The molecular weight excluding hydrogens is 262 g/mol. The molecule has 1 fully saturated rings. The van der Waals surface area contributed by atoms with Crippen LogP contribution < -0.4 is 5.32 Å². The summed E-state index contributed by atoms with van der Waals surface area (Å²) in [4.78, 5) is 1.51. The molecule has 1 aromatic rings. The molecule has 1 heterocycles. The van der Waals surface area contributed by atoms with Crippen molar-refractivity contribution in [2.24, 2.45) is 11.3 Å². The fourth-order valence-electron chi connectivity index (χ4n) is 3.04. The van der Waals surface area contributed by atoms with Gasteiger partial charge in [-0.05, 0) is 55.2 Å². The molecule has 2 unspecified atom stereocenters. The zero-order valence-corrected chi connectivity index (χ0v) is 13.8. The van der Waals surface area contributed by atoms with E-state index in [2.05, 4.69) is 62.1 Å². The maximum Gasteiger partial charge on any atom is 0.0139 e. The SMILES string of the molecule is CC(C)(C)C(CNC1CC1)CC1Cc2ccccc2S1. The van der Waals surface area contributed by atoms with Gasteiger partial charge in [0.05, 0.1) is 0 Å². The summed E-state index contributed by atoms with van der Waals surface area (Å²) in [5.41, 5.74) is 1.96. The van der Waals surface area contributed by atoms with Gasteiger partial charge in [-0.2, -0.15) is 0 Å². The van der Waals surface area contributed by atoms with Crippen molar-refractivity contribution < 1.29 is 0 Å². The summed E-state index contributed by atoms with van der Waals surface area (Å²) in [7, 11) is 0. The Balaban J connectivity index is 1.59. The second-order valence-electron chi connectivity index (χ2n) is 7.53. The van der Waals surface area contributed by atoms with Gasteiger partial charge in [-0.3, -0.25) is 0 Å². The van der Waals surface area contributed by atoms with E-state index in [-0.39, 0.29) is 0 Å². The lowest BCUT2D eigenvalue weighted by Gasteiger charge is -2.33. The van der Waals surface area contributed by atoms with Crippen LogP contribution in [-0.2, 0) is 6.42 Å². The van der Waals surface area contributed by atoms with Gasteiger partial charge in [-0.15, -0.1) is 11.8 Å². The Bertz CT molecular complexity index is 434. The Morgan fingerprint density at radius 2 is 2.00 bits per heavy atom. The third-order valence-corrected chi connectivity index (χ3v) is 6.06. The molecule has 110 valence electrons. The fourth-order valence-corrected chi connectivity index (χ4v) is 4.45. The number of nitrogens with one attached hydrogen (secondary N) is 1. The number of fused-ring (bicyclic) bond motifs is 1. The minimum atomic E-state index is 0.400. The van der Waals surface area contributed by atoms with E-state index in [0.717, 1.165) is 17.2 Å². The molecule has 1 aliphatic heterocycles. The van der Waals surface area contributed by atoms with Crippen LogP contribution in [0.4, 0.5) is 0 Å². The summed E-state index contributed by atoms with van der Waals surface area (Å²) in [6, 6.07) is 9.76. The highest BCUT2D eigenvalue weighted by Gasteiger charge is 2.32. The maximum absolute atomic E-state index is 3.75. The van der Waals surface area contributed by atoms with Crippen LogP contribution >= 0.6 is 11.8 Å². The van der Waals surface area contributed by atoms with Crippen molar-refractivity contribution in [3.63, 3.8) is 0 Å². The molecule has 0 amide bonds. The monoisotopic (exact) mass is 289 g/mol. The highest BCUT2D eigenvalue weighted by Crippen LogP contribution is 2.42. The molecule has 0 saturated heterocycles. The lowest BCUT2D eigenvalue weighted by molar-refractivity contribution is 0.217. The van der Waals surface area contributed by atoms with Gasteiger partial charge in [0.15, 0.2) is 0 Å². The van der Waals surface area contributed by atoms with E-state index in [1.54, 1.807) is 5.56 Å². The highest BCUT2D eigenvalue weighted by molar-refractivity contribution is 8.00. The largest absolute Gasteiger partial charge is 0.314 e. The van der Waals surface area contributed by atoms with Gasteiger partial charge in [0.2, 0.25) is 0 Å². The molecule has 0 spiro atoms. The lowest BCUT2D eigenvalue weighted by atomic mass is 9.77. The Morgan fingerprint density at radius 1 is 1.25 bits per heavy atom. The minimum absolute atomic E-state index is 0.400. The highest BCUT2D eigenvalue weighted by atomic mass is 32.2. The van der Waals surface area contributed by atoms with Gasteiger partial charge in [0.25, 0.3) is 0 Å². The van der Waals surface area contributed by atoms with Crippen molar-refractivity contribution in [3.05, 3.63) is 29.8 Å². The van der Waals surface area contributed by atoms with Crippen molar-refractivity contribution in [1.82, 2.24) is 5.32 Å². The van der Waals surface area contributed by atoms with Crippen molar-refractivity contribution in [2.45, 2.75) is 62.6 Å². The summed E-state index contributed by atoms with van der Waals surface area (Å²) in [6.07, 6.45) is 5.38. The van der Waals surface area contributed by atoms with Crippen molar-refractivity contribution in [2.75, 3.05) is 6.54 Å². The van der Waals surface area contributed by atoms with Crippen LogP contribution in [0.3, 0.4) is 0 Å². The first-order valence-corrected chi connectivity index (χ1v) is 8.88. The molecule has 2 aliphatic rings. The predicted octanol–water partition coefficient (Wildman–Crippen LogP) is 4.51. The van der Waals surface area contributed by atoms with Crippen molar-refractivity contribution in [1.29, 1.82) is 0 Å². The standard InChI is InChI=1S/C18H27NS/c1-18(2,3)14(12-19-15-8-9-15)11-16-10-13-6-4-5-7-17(13)20-16/h4-7,14-16,19H,8-12H2,1-3H3. The first kappa shape index (κ1) is 14.5. The Kier molecular flexibility index (Phi) is 4.14. The predicted molar refractivity (Wildman–Crippen MR) is 88.4 cm³/mol. The normalized spacial score (nSPS) is 23.6. The van der Waals surface area contributed by atoms with Gasteiger partial charge in [-0.25, -0.2) is 0 Å². The average Bonchev–Trinajstić information content (AvgIpc) is 3.11. The van der Waals surface area contributed by atoms with Crippen LogP contribution in [0.2, 0.25) is 0 Å². The van der Waals surface area contributed by atoms with Crippen LogP contribution in [0.5, 0.6) is 0 Å². The van der Waals surface area contributed by atoms with E-state index in [1.807, 2.05) is 0 Å². The maximum atomic E-state index is 3.75. The second-order valence-corrected chi connectivity index (χ2v) is 8.88. The van der Waals surface area contributed by atoms with E-state index < -0.39 is 0 Å². The number of benzene rings is 1. The molecule has 1 aliphatic carbocycles. The average molecular weight is 289 g/mol. The van der Waals surface area contributed by atoms with Gasteiger partial charge >= 0.3 is 0 Å². The number of thioether (sulfide) groups is 1. The number of hydrogen-bond acceptors (Lipinski definition) is 2. The molecule has 0 radical (unpaired) electrons. The van der Waals surface area contributed by atoms with E-state index in [0.29, 0.717) is 5.41 Å². The molecule has 1 aromatic carbocycles. The zero-order chi connectivity index (χ0) is 14.2. The first-order valence-electron chi connectivity index (χ1n) is 8.00. The molecule has 1 saturated carbocycles. The van der Waals surface area contributed by atoms with Gasteiger partial charge in [-0.1, -0.05) is 39.0 Å². The summed E-state index contributed by atoms with van der Waals surface area (Å²) < 4.78 is 0. The molecule has 1 N–H and O–H groups in total. The van der Waals surface area contributed by atoms with E-state index in [1.165, 1.54) is 37.1 Å². The number of rotatable bonds is 5. The summed E-state index contributed by atoms with van der Waals surface area (Å²) in [6.45, 7) is 8.40. The van der Waals surface area contributed by atoms with Crippen LogP contribution in [0.1, 0.15) is 45.6 Å². The second kappa shape index (κ2) is 5.73. The van der Waals surface area contributed by atoms with E-state index in [9.17, 15) is 0 Å². The molecule has 0 aromatic heterocycles. The van der Waals surface area contributed by atoms with E-state index >= 15 is 0 Å². The first-order chi connectivity index (χ1) is 9.52. The van der Waals surface area contributed by atoms with Crippen LogP contribution in [0.15, 0.2) is 29.2 Å². The van der Waals surface area contributed by atoms with Crippen LogP contribution in [0, 0.1) is 11.3 Å². The molecule has 2 atom stereocenters. The number of hydrogen-bond donors (Lipinski definition) is 1. The minimum Gasteiger partial charge on any atom is -0.314 e. The van der Waals surface area contributed by atoms with Gasteiger partial charge < -0.3 is 5.32 Å². The van der Waals surface area contributed by atoms with Crippen molar-refractivity contribution in [3.8, 4) is 0 Å². The summed E-state index contributed by atoms with van der Waals surface area (Å²) in [5.74, 6) is 0.773. The van der Waals surface area contributed by atoms with Crippen LogP contribution in [-0.4, -0.2) is 17.8 Å². The molecule has 2 heteroatoms. The topological polar surface area (TPSA) is 12.0 Å². The lowest BCUT2D eigenvalue weighted by Crippen LogP contribution is -2.34. The summed E-state index contributed by atoms with van der Waals surface area (Å²) in [5, 5.41) is 4.52. The van der Waals surface area contributed by atoms with Gasteiger partial charge in [0, 0.05) is 16.2 Å². The molecular formula is C18H27NS. The Labute approximate surface area is 127 Å².